The number of hydrogen-bond acceptors (Lipinski definition) is 2. The lowest BCUT2D eigenvalue weighted by molar-refractivity contribution is 0.554. The van der Waals surface area contributed by atoms with Gasteiger partial charge in [-0.3, -0.25) is 0 Å². The van der Waals surface area contributed by atoms with Crippen molar-refractivity contribution in [3.63, 3.8) is 0 Å². The zero-order valence-corrected chi connectivity index (χ0v) is 12.3. The number of benzene rings is 1. The highest BCUT2D eigenvalue weighted by Crippen LogP contribution is 2.12. The van der Waals surface area contributed by atoms with Crippen LogP contribution in [0.4, 0.5) is 0 Å². The van der Waals surface area contributed by atoms with Gasteiger partial charge in [-0.25, -0.2) is 4.98 Å². The second kappa shape index (κ2) is 6.02. The molecule has 0 radical (unpaired) electrons. The molecule has 0 aliphatic carbocycles. The van der Waals surface area contributed by atoms with Crippen LogP contribution in [-0.2, 0) is 13.1 Å². The lowest BCUT2D eigenvalue weighted by Crippen LogP contribution is -2.24. The lowest BCUT2D eigenvalue weighted by Gasteiger charge is -2.11. The summed E-state index contributed by atoms with van der Waals surface area (Å²) in [5.74, 6) is 1.09. The normalized spacial score (nSPS) is 11.2. The zero-order chi connectivity index (χ0) is 13.8. The molecule has 0 saturated carbocycles. The Morgan fingerprint density at radius 3 is 2.68 bits per heavy atom. The molecule has 1 N–H and O–H groups in total. The summed E-state index contributed by atoms with van der Waals surface area (Å²) in [5.41, 5.74) is 4.02. The Morgan fingerprint density at radius 2 is 2.00 bits per heavy atom. The van der Waals surface area contributed by atoms with Crippen molar-refractivity contribution >= 4 is 0 Å². The van der Waals surface area contributed by atoms with Crippen LogP contribution in [0.5, 0.6) is 0 Å². The van der Waals surface area contributed by atoms with Crippen LogP contribution in [0.3, 0.4) is 0 Å². The molecule has 3 heteroatoms. The van der Waals surface area contributed by atoms with Crippen molar-refractivity contribution in [3.05, 3.63) is 53.1 Å². The predicted molar refractivity (Wildman–Crippen MR) is 79.2 cm³/mol. The summed E-state index contributed by atoms with van der Waals surface area (Å²) in [6.45, 7) is 10.3. The number of hydrogen-bond donors (Lipinski definition) is 1. The highest BCUT2D eigenvalue weighted by molar-refractivity contribution is 5.30. The van der Waals surface area contributed by atoms with Crippen LogP contribution < -0.4 is 5.32 Å². The van der Waals surface area contributed by atoms with Crippen LogP contribution in [0.1, 0.15) is 36.4 Å². The predicted octanol–water partition coefficient (Wildman–Crippen LogP) is 3.05. The fraction of sp³-hybridized carbons (Fsp3) is 0.438. The molecule has 102 valence electrons. The van der Waals surface area contributed by atoms with Crippen LogP contribution in [0.25, 0.3) is 0 Å². The summed E-state index contributed by atoms with van der Waals surface area (Å²) in [6, 6.07) is 7.12. The van der Waals surface area contributed by atoms with Gasteiger partial charge in [0.25, 0.3) is 0 Å². The number of rotatable bonds is 5. The standard InChI is InChI=1S/C16H23N3/c1-12(2)18-10-16-17-7-8-19(16)11-15-6-5-13(3)14(4)9-15/h5-9,12,18H,10-11H2,1-4H3. The molecule has 0 atom stereocenters. The second-order valence-electron chi connectivity index (χ2n) is 5.43. The molecule has 1 aromatic carbocycles. The Morgan fingerprint density at radius 1 is 1.21 bits per heavy atom. The molecule has 0 saturated heterocycles. The van der Waals surface area contributed by atoms with Crippen LogP contribution in [-0.4, -0.2) is 15.6 Å². The largest absolute Gasteiger partial charge is 0.329 e. The van der Waals surface area contributed by atoms with E-state index in [9.17, 15) is 0 Å². The van der Waals surface area contributed by atoms with E-state index in [1.165, 1.54) is 16.7 Å². The highest BCUT2D eigenvalue weighted by atomic mass is 15.1. The Kier molecular flexibility index (Phi) is 4.38. The molecule has 2 rings (SSSR count). The van der Waals surface area contributed by atoms with E-state index in [4.69, 9.17) is 0 Å². The first kappa shape index (κ1) is 13.8. The summed E-state index contributed by atoms with van der Waals surface area (Å²) in [4.78, 5) is 4.42. The third-order valence-corrected chi connectivity index (χ3v) is 3.39. The van der Waals surface area contributed by atoms with E-state index in [0.29, 0.717) is 6.04 Å². The van der Waals surface area contributed by atoms with Gasteiger partial charge in [-0.2, -0.15) is 0 Å². The van der Waals surface area contributed by atoms with Crippen LogP contribution in [0.2, 0.25) is 0 Å². The number of nitrogens with one attached hydrogen (secondary N) is 1. The Hall–Kier alpha value is -1.61. The topological polar surface area (TPSA) is 29.9 Å². The SMILES string of the molecule is Cc1ccc(Cn2ccnc2CNC(C)C)cc1C. The molecular formula is C16H23N3. The smallest absolute Gasteiger partial charge is 0.122 e. The lowest BCUT2D eigenvalue weighted by atomic mass is 10.1. The van der Waals surface area contributed by atoms with Gasteiger partial charge in [0.2, 0.25) is 0 Å². The molecule has 0 amide bonds. The minimum atomic E-state index is 0.478. The molecule has 1 aromatic heterocycles. The molecule has 0 fully saturated rings. The molecule has 19 heavy (non-hydrogen) atoms. The number of aromatic nitrogens is 2. The summed E-state index contributed by atoms with van der Waals surface area (Å²) < 4.78 is 2.21. The van der Waals surface area contributed by atoms with Crippen LogP contribution in [0, 0.1) is 13.8 Å². The first-order valence-corrected chi connectivity index (χ1v) is 6.86. The molecule has 0 spiro atoms. The Balaban J connectivity index is 2.10. The average molecular weight is 257 g/mol. The molecular weight excluding hydrogens is 234 g/mol. The molecule has 3 nitrogen and oxygen atoms in total. The van der Waals surface area contributed by atoms with Gasteiger partial charge in [-0.1, -0.05) is 32.0 Å². The first-order valence-electron chi connectivity index (χ1n) is 6.86. The van der Waals surface area contributed by atoms with Gasteiger partial charge in [0.15, 0.2) is 0 Å². The maximum atomic E-state index is 4.42. The van der Waals surface area contributed by atoms with Crippen LogP contribution in [0.15, 0.2) is 30.6 Å². The fourth-order valence-corrected chi connectivity index (χ4v) is 2.05. The van der Waals surface area contributed by atoms with E-state index in [0.717, 1.165) is 18.9 Å². The van der Waals surface area contributed by atoms with E-state index in [-0.39, 0.29) is 0 Å². The van der Waals surface area contributed by atoms with Crippen molar-refractivity contribution in [3.8, 4) is 0 Å². The number of imidazole rings is 1. The maximum Gasteiger partial charge on any atom is 0.122 e. The minimum absolute atomic E-state index is 0.478. The van der Waals surface area contributed by atoms with Crippen molar-refractivity contribution < 1.29 is 0 Å². The monoisotopic (exact) mass is 257 g/mol. The molecule has 2 aromatic rings. The summed E-state index contributed by atoms with van der Waals surface area (Å²) in [6.07, 6.45) is 3.92. The molecule has 1 heterocycles. The average Bonchev–Trinajstić information content (AvgIpc) is 2.79. The van der Waals surface area contributed by atoms with Crippen molar-refractivity contribution in [1.29, 1.82) is 0 Å². The maximum absolute atomic E-state index is 4.42. The molecule has 0 bridgehead atoms. The van der Waals surface area contributed by atoms with E-state index in [1.54, 1.807) is 0 Å². The summed E-state index contributed by atoms with van der Waals surface area (Å²) >= 11 is 0. The summed E-state index contributed by atoms with van der Waals surface area (Å²) in [5, 5.41) is 3.41. The van der Waals surface area contributed by atoms with Gasteiger partial charge in [-0.05, 0) is 30.5 Å². The first-order chi connectivity index (χ1) is 9.06. The van der Waals surface area contributed by atoms with E-state index in [2.05, 4.69) is 60.8 Å². The Labute approximate surface area is 115 Å². The van der Waals surface area contributed by atoms with E-state index >= 15 is 0 Å². The number of aryl methyl sites for hydroxylation is 2. The van der Waals surface area contributed by atoms with Crippen molar-refractivity contribution in [2.75, 3.05) is 0 Å². The Bertz CT molecular complexity index is 541. The van der Waals surface area contributed by atoms with Crippen LogP contribution >= 0.6 is 0 Å². The van der Waals surface area contributed by atoms with Gasteiger partial charge in [-0.15, -0.1) is 0 Å². The van der Waals surface area contributed by atoms with Gasteiger partial charge in [0.1, 0.15) is 5.82 Å². The second-order valence-corrected chi connectivity index (χ2v) is 5.43. The van der Waals surface area contributed by atoms with Crippen molar-refractivity contribution in [2.45, 2.75) is 46.8 Å². The summed E-state index contributed by atoms with van der Waals surface area (Å²) in [7, 11) is 0. The quantitative estimate of drug-likeness (QED) is 0.892. The molecule has 0 aliphatic heterocycles. The third-order valence-electron chi connectivity index (χ3n) is 3.39. The third kappa shape index (κ3) is 3.67. The van der Waals surface area contributed by atoms with Gasteiger partial charge >= 0.3 is 0 Å². The minimum Gasteiger partial charge on any atom is -0.329 e. The molecule has 0 unspecified atom stereocenters. The molecule has 0 aliphatic rings. The van der Waals surface area contributed by atoms with Gasteiger partial charge < -0.3 is 9.88 Å². The van der Waals surface area contributed by atoms with Gasteiger partial charge in [0, 0.05) is 25.0 Å². The zero-order valence-electron chi connectivity index (χ0n) is 12.3. The fourth-order valence-electron chi connectivity index (χ4n) is 2.05. The van der Waals surface area contributed by atoms with Crippen molar-refractivity contribution in [1.82, 2.24) is 14.9 Å². The van der Waals surface area contributed by atoms with Gasteiger partial charge in [0.05, 0.1) is 6.54 Å². The van der Waals surface area contributed by atoms with E-state index in [1.807, 2.05) is 12.4 Å². The number of nitrogens with zero attached hydrogens (tertiary/aromatic N) is 2. The highest BCUT2D eigenvalue weighted by Gasteiger charge is 2.05. The van der Waals surface area contributed by atoms with Crippen molar-refractivity contribution in [2.24, 2.45) is 0 Å². The van der Waals surface area contributed by atoms with E-state index < -0.39 is 0 Å².